The molecule has 1 aromatic heterocycles. The van der Waals surface area contributed by atoms with Crippen LogP contribution in [0, 0.1) is 0 Å². The monoisotopic (exact) mass is 225 g/mol. The van der Waals surface area contributed by atoms with Crippen LogP contribution in [0.15, 0.2) is 28.9 Å². The molecule has 4 nitrogen and oxygen atoms in total. The molecule has 0 amide bonds. The first-order valence-corrected chi connectivity index (χ1v) is 4.94. The molecule has 0 unspecified atom stereocenters. The maximum absolute atomic E-state index is 11.2. The van der Waals surface area contributed by atoms with Crippen LogP contribution in [0.3, 0.4) is 0 Å². The van der Waals surface area contributed by atoms with E-state index in [1.165, 1.54) is 12.3 Å². The molecule has 0 aromatic carbocycles. The van der Waals surface area contributed by atoms with E-state index in [2.05, 4.69) is 12.6 Å². The molecule has 0 aliphatic rings. The molecule has 0 aliphatic heterocycles. The lowest BCUT2D eigenvalue weighted by Crippen LogP contribution is -2.36. The van der Waals surface area contributed by atoms with Crippen LogP contribution >= 0.6 is 12.6 Å². The third kappa shape index (κ3) is 3.38. The van der Waals surface area contributed by atoms with E-state index in [0.717, 1.165) is 6.08 Å². The van der Waals surface area contributed by atoms with Gasteiger partial charge in [-0.1, -0.05) is 0 Å². The Hall–Kier alpha value is -1.33. The fourth-order valence-electron chi connectivity index (χ4n) is 0.892. The molecule has 0 fully saturated rings. The maximum atomic E-state index is 11.2. The number of thiol groups is 1. The predicted molar refractivity (Wildman–Crippen MR) is 59.6 cm³/mol. The summed E-state index contributed by atoms with van der Waals surface area (Å²) in [7, 11) is 0. The molecule has 0 saturated carbocycles. The first-order valence-electron chi connectivity index (χ1n) is 4.31. The molecule has 0 aliphatic carbocycles. The molecular weight excluding hydrogens is 214 g/mol. The van der Waals surface area contributed by atoms with Gasteiger partial charge in [-0.2, -0.15) is 12.6 Å². The van der Waals surface area contributed by atoms with Crippen LogP contribution in [0.5, 0.6) is 0 Å². The number of carbonyl (C=O) groups is 2. The summed E-state index contributed by atoms with van der Waals surface area (Å²) in [6, 6.07) is 2.51. The lowest BCUT2D eigenvalue weighted by Gasteiger charge is -2.02. The number of hydrogen-bond donors (Lipinski definition) is 2. The van der Waals surface area contributed by atoms with Gasteiger partial charge >= 0.3 is 0 Å². The Bertz CT molecular complexity index is 370. The highest BCUT2D eigenvalue weighted by Crippen LogP contribution is 2.02. The number of hydrogen-bond acceptors (Lipinski definition) is 5. The molecule has 0 spiro atoms. The van der Waals surface area contributed by atoms with Crippen molar-refractivity contribution in [3.63, 3.8) is 0 Å². The third-order valence-electron chi connectivity index (χ3n) is 1.72. The van der Waals surface area contributed by atoms with Crippen LogP contribution in [0.4, 0.5) is 0 Å². The Labute approximate surface area is 92.5 Å². The summed E-state index contributed by atoms with van der Waals surface area (Å²) in [5.74, 6) is -0.629. The average molecular weight is 225 g/mol. The first-order chi connectivity index (χ1) is 7.15. The first kappa shape index (κ1) is 11.7. The summed E-state index contributed by atoms with van der Waals surface area (Å²) in [4.78, 5) is 22.5. The number of carbonyl (C=O) groups excluding carboxylic acids is 2. The molecule has 1 atom stereocenters. The lowest BCUT2D eigenvalue weighted by atomic mass is 10.1. The number of furan rings is 1. The fraction of sp³-hybridized carbons (Fsp3) is 0.200. The van der Waals surface area contributed by atoms with E-state index in [1.54, 1.807) is 12.1 Å². The molecular formula is C10H11NO3S. The van der Waals surface area contributed by atoms with Crippen molar-refractivity contribution in [3.05, 3.63) is 30.2 Å². The molecule has 0 bridgehead atoms. The third-order valence-corrected chi connectivity index (χ3v) is 2.11. The molecule has 0 radical (unpaired) electrons. The van der Waals surface area contributed by atoms with Crippen molar-refractivity contribution in [2.75, 3.05) is 5.75 Å². The standard InChI is InChI=1S/C10H11NO3S/c11-8(6-15)10(13)9(12)4-3-7-2-1-5-14-7/h1-5,8,15H,6,11H2/t8-/m0/s1. The topological polar surface area (TPSA) is 73.3 Å². The molecule has 2 N–H and O–H groups in total. The minimum atomic E-state index is -0.845. The number of Topliss-reactive ketones (excluding diaryl/α,β-unsaturated/α-hetero) is 1. The van der Waals surface area contributed by atoms with Crippen LogP contribution in [-0.4, -0.2) is 23.4 Å². The van der Waals surface area contributed by atoms with Crippen LogP contribution in [0.1, 0.15) is 5.76 Å². The molecule has 1 heterocycles. The second-order valence-corrected chi connectivity index (χ2v) is 3.23. The molecule has 80 valence electrons. The number of allylic oxidation sites excluding steroid dienone is 1. The number of nitrogens with two attached hydrogens (primary N) is 1. The largest absolute Gasteiger partial charge is 0.465 e. The molecule has 5 heteroatoms. The second kappa shape index (κ2) is 5.53. The smallest absolute Gasteiger partial charge is 0.223 e. The van der Waals surface area contributed by atoms with Crippen LogP contribution < -0.4 is 5.73 Å². The van der Waals surface area contributed by atoms with Gasteiger partial charge < -0.3 is 10.2 Å². The summed E-state index contributed by atoms with van der Waals surface area (Å²) in [5, 5.41) is 0. The van der Waals surface area contributed by atoms with Crippen molar-refractivity contribution in [1.29, 1.82) is 0 Å². The van der Waals surface area contributed by atoms with Crippen LogP contribution in [0.2, 0.25) is 0 Å². The van der Waals surface area contributed by atoms with Crippen molar-refractivity contribution < 1.29 is 14.0 Å². The van der Waals surface area contributed by atoms with E-state index < -0.39 is 17.6 Å². The number of rotatable bonds is 5. The van der Waals surface area contributed by atoms with Crippen LogP contribution in [0.25, 0.3) is 6.08 Å². The molecule has 15 heavy (non-hydrogen) atoms. The van der Waals surface area contributed by atoms with Crippen LogP contribution in [-0.2, 0) is 9.59 Å². The summed E-state index contributed by atoms with van der Waals surface area (Å²) >= 11 is 3.84. The Morgan fingerprint density at radius 3 is 2.87 bits per heavy atom. The van der Waals surface area contributed by atoms with Gasteiger partial charge in [-0.3, -0.25) is 9.59 Å². The van der Waals surface area contributed by atoms with Gasteiger partial charge in [0.1, 0.15) is 5.76 Å². The average Bonchev–Trinajstić information content (AvgIpc) is 2.76. The normalized spacial score (nSPS) is 12.9. The van der Waals surface area contributed by atoms with E-state index in [4.69, 9.17) is 10.2 Å². The Balaban J connectivity index is 2.60. The zero-order valence-corrected chi connectivity index (χ0v) is 8.81. The van der Waals surface area contributed by atoms with Crippen molar-refractivity contribution in [2.45, 2.75) is 6.04 Å². The van der Waals surface area contributed by atoms with Gasteiger partial charge in [0.2, 0.25) is 11.6 Å². The van der Waals surface area contributed by atoms with Gasteiger partial charge in [0, 0.05) is 5.75 Å². The van der Waals surface area contributed by atoms with Gasteiger partial charge in [-0.25, -0.2) is 0 Å². The maximum Gasteiger partial charge on any atom is 0.223 e. The molecule has 1 rings (SSSR count). The van der Waals surface area contributed by atoms with Gasteiger partial charge in [0.25, 0.3) is 0 Å². The van der Waals surface area contributed by atoms with Crippen molar-refractivity contribution >= 4 is 30.3 Å². The summed E-state index contributed by atoms with van der Waals surface area (Å²) < 4.78 is 4.95. The van der Waals surface area contributed by atoms with Gasteiger partial charge in [-0.05, 0) is 24.3 Å². The van der Waals surface area contributed by atoms with Gasteiger partial charge in [0.05, 0.1) is 12.3 Å². The van der Waals surface area contributed by atoms with Crippen molar-refractivity contribution in [3.8, 4) is 0 Å². The zero-order chi connectivity index (χ0) is 11.3. The molecule has 0 saturated heterocycles. The SMILES string of the molecule is N[C@@H](CS)C(=O)C(=O)C=Cc1ccco1. The summed E-state index contributed by atoms with van der Waals surface area (Å²) in [5.41, 5.74) is 5.36. The highest BCUT2D eigenvalue weighted by Gasteiger charge is 2.17. The highest BCUT2D eigenvalue weighted by molar-refractivity contribution is 7.80. The van der Waals surface area contributed by atoms with E-state index in [1.807, 2.05) is 0 Å². The minimum absolute atomic E-state index is 0.152. The zero-order valence-electron chi connectivity index (χ0n) is 7.92. The summed E-state index contributed by atoms with van der Waals surface area (Å²) in [6.45, 7) is 0. The second-order valence-electron chi connectivity index (χ2n) is 2.87. The number of ketones is 2. The van der Waals surface area contributed by atoms with E-state index in [9.17, 15) is 9.59 Å². The van der Waals surface area contributed by atoms with Gasteiger partial charge in [-0.15, -0.1) is 0 Å². The minimum Gasteiger partial charge on any atom is -0.465 e. The Kier molecular flexibility index (Phi) is 4.33. The highest BCUT2D eigenvalue weighted by atomic mass is 32.1. The predicted octanol–water partition coefficient (Wildman–Crippen LogP) is 0.688. The van der Waals surface area contributed by atoms with Gasteiger partial charge in [0.15, 0.2) is 0 Å². The van der Waals surface area contributed by atoms with Crippen molar-refractivity contribution in [2.24, 2.45) is 5.73 Å². The quantitative estimate of drug-likeness (QED) is 0.439. The van der Waals surface area contributed by atoms with E-state index >= 15 is 0 Å². The lowest BCUT2D eigenvalue weighted by molar-refractivity contribution is -0.134. The van der Waals surface area contributed by atoms with Crippen molar-refractivity contribution in [1.82, 2.24) is 0 Å². The van der Waals surface area contributed by atoms with E-state index in [0.29, 0.717) is 5.76 Å². The Morgan fingerprint density at radius 2 is 2.33 bits per heavy atom. The summed E-state index contributed by atoms with van der Waals surface area (Å²) in [6.07, 6.45) is 4.04. The fourth-order valence-corrected chi connectivity index (χ4v) is 1.06. The van der Waals surface area contributed by atoms with E-state index in [-0.39, 0.29) is 5.75 Å². The Morgan fingerprint density at radius 1 is 1.60 bits per heavy atom. The molecule has 1 aromatic rings.